The average Bonchev–Trinajstić information content (AvgIpc) is 3.53. The fraction of sp³-hybridized carbons (Fsp3) is 0.200. The Hall–Kier alpha value is -4.11. The first-order chi connectivity index (χ1) is 20.5. The number of fused-ring (bicyclic) bond motifs is 1. The first-order valence-electron chi connectivity index (χ1n) is 13.2. The van der Waals surface area contributed by atoms with Crippen molar-refractivity contribution in [2.24, 2.45) is 4.99 Å². The molecule has 0 spiro atoms. The van der Waals surface area contributed by atoms with E-state index in [1.807, 2.05) is 55.5 Å². The molecule has 0 bridgehead atoms. The fourth-order valence-electron chi connectivity index (χ4n) is 4.26. The zero-order chi connectivity index (χ0) is 29.5. The number of carbonyl (C=O) groups is 2. The Labute approximate surface area is 257 Å². The molecule has 2 aliphatic rings. The fourth-order valence-corrected chi connectivity index (χ4v) is 6.50. The molecule has 0 aliphatic carbocycles. The number of thioether (sulfide) groups is 2. The number of amides is 2. The van der Waals surface area contributed by atoms with Crippen molar-refractivity contribution in [3.63, 3.8) is 0 Å². The van der Waals surface area contributed by atoms with Gasteiger partial charge < -0.3 is 20.7 Å². The molecule has 2 amide bonds. The van der Waals surface area contributed by atoms with Crippen LogP contribution in [-0.4, -0.2) is 46.4 Å². The van der Waals surface area contributed by atoms with Crippen molar-refractivity contribution in [3.8, 4) is 11.8 Å². The number of rotatable bonds is 9. The highest BCUT2D eigenvalue weighted by Crippen LogP contribution is 2.43. The van der Waals surface area contributed by atoms with E-state index in [0.717, 1.165) is 21.8 Å². The summed E-state index contributed by atoms with van der Waals surface area (Å²) in [5.74, 6) is 0.540. The Balaban J connectivity index is 1.40. The van der Waals surface area contributed by atoms with E-state index in [0.29, 0.717) is 52.6 Å². The van der Waals surface area contributed by atoms with Gasteiger partial charge in [-0.1, -0.05) is 42.1 Å². The molecular formula is C30H27ClN6O3S2. The van der Waals surface area contributed by atoms with Gasteiger partial charge in [0.15, 0.2) is 5.17 Å². The Kier molecular flexibility index (Phi) is 9.59. The summed E-state index contributed by atoms with van der Waals surface area (Å²) >= 11 is 8.47. The average molecular weight is 619 g/mol. The highest BCUT2D eigenvalue weighted by molar-refractivity contribution is 8.18. The number of hydrogen-bond donors (Lipinski definition) is 3. The molecule has 3 aromatic carbocycles. The van der Waals surface area contributed by atoms with Crippen LogP contribution >= 0.6 is 35.1 Å². The van der Waals surface area contributed by atoms with Crippen LogP contribution in [0.15, 0.2) is 87.6 Å². The first kappa shape index (κ1) is 29.4. The van der Waals surface area contributed by atoms with Crippen LogP contribution in [0.1, 0.15) is 18.1 Å². The van der Waals surface area contributed by atoms with E-state index >= 15 is 0 Å². The summed E-state index contributed by atoms with van der Waals surface area (Å²) < 4.78 is 5.33. The van der Waals surface area contributed by atoms with E-state index in [4.69, 9.17) is 21.3 Å². The maximum atomic E-state index is 13.7. The quantitative estimate of drug-likeness (QED) is 0.183. The number of nitrogens with one attached hydrogen (secondary N) is 3. The van der Waals surface area contributed by atoms with Gasteiger partial charge in [0.1, 0.15) is 5.75 Å². The van der Waals surface area contributed by atoms with E-state index < -0.39 is 6.09 Å². The van der Waals surface area contributed by atoms with Crippen molar-refractivity contribution in [1.29, 1.82) is 5.26 Å². The Morgan fingerprint density at radius 3 is 2.81 bits per heavy atom. The van der Waals surface area contributed by atoms with E-state index in [1.165, 1.54) is 11.8 Å². The largest absolute Gasteiger partial charge is 0.412 e. The SMILES string of the molecule is CCNc1ccc(C#N)cc1N=C1S/C(=C\C2Nc3cc(OC(=O)NCCCl)ccc3S2)C(=O)N1Cc1ccccc1. The molecule has 2 heterocycles. The number of anilines is 2. The number of amidine groups is 1. The highest BCUT2D eigenvalue weighted by Gasteiger charge is 2.35. The Morgan fingerprint density at radius 1 is 1.21 bits per heavy atom. The van der Waals surface area contributed by atoms with Gasteiger partial charge in [-0.05, 0) is 60.7 Å². The summed E-state index contributed by atoms with van der Waals surface area (Å²) in [4.78, 5) is 33.7. The number of ether oxygens (including phenoxy) is 1. The second-order valence-electron chi connectivity index (χ2n) is 9.12. The molecule has 0 aromatic heterocycles. The van der Waals surface area contributed by atoms with Gasteiger partial charge in [-0.3, -0.25) is 9.69 Å². The molecule has 1 fully saturated rings. The first-order valence-corrected chi connectivity index (χ1v) is 15.4. The zero-order valence-electron chi connectivity index (χ0n) is 22.6. The predicted octanol–water partition coefficient (Wildman–Crippen LogP) is 6.51. The minimum Gasteiger partial charge on any atom is -0.410 e. The van der Waals surface area contributed by atoms with E-state index in [9.17, 15) is 14.9 Å². The normalized spacial score (nSPS) is 17.6. The number of aliphatic imine (C=N–C) groups is 1. The van der Waals surface area contributed by atoms with Gasteiger partial charge >= 0.3 is 6.09 Å². The third-order valence-corrected chi connectivity index (χ3v) is 8.49. The summed E-state index contributed by atoms with van der Waals surface area (Å²) in [5.41, 5.74) is 3.64. The number of hydrogen-bond acceptors (Lipinski definition) is 9. The molecule has 1 unspecified atom stereocenters. The van der Waals surface area contributed by atoms with Crippen LogP contribution in [0.3, 0.4) is 0 Å². The number of alkyl halides is 1. The van der Waals surface area contributed by atoms with Crippen molar-refractivity contribution in [3.05, 3.63) is 88.8 Å². The Morgan fingerprint density at radius 2 is 2.05 bits per heavy atom. The predicted molar refractivity (Wildman–Crippen MR) is 170 cm³/mol. The maximum Gasteiger partial charge on any atom is 0.412 e. The third-order valence-electron chi connectivity index (χ3n) is 6.16. The summed E-state index contributed by atoms with van der Waals surface area (Å²) in [6.07, 6.45) is 1.32. The smallest absolute Gasteiger partial charge is 0.410 e. The summed E-state index contributed by atoms with van der Waals surface area (Å²) in [7, 11) is 0. The second-order valence-corrected chi connectivity index (χ2v) is 11.7. The van der Waals surface area contributed by atoms with Gasteiger partial charge in [-0.15, -0.1) is 11.6 Å². The van der Waals surface area contributed by atoms with Crippen LogP contribution in [0.4, 0.5) is 21.9 Å². The molecule has 9 nitrogen and oxygen atoms in total. The van der Waals surface area contributed by atoms with Gasteiger partial charge in [0.25, 0.3) is 5.91 Å². The lowest BCUT2D eigenvalue weighted by atomic mass is 10.2. The molecule has 42 heavy (non-hydrogen) atoms. The molecule has 0 radical (unpaired) electrons. The maximum absolute atomic E-state index is 13.7. The highest BCUT2D eigenvalue weighted by atomic mass is 35.5. The van der Waals surface area contributed by atoms with Crippen molar-refractivity contribution < 1.29 is 14.3 Å². The van der Waals surface area contributed by atoms with Crippen LogP contribution in [0.25, 0.3) is 0 Å². The lowest BCUT2D eigenvalue weighted by Crippen LogP contribution is -2.28. The number of nitriles is 1. The summed E-state index contributed by atoms with van der Waals surface area (Å²) in [6, 6.07) is 22.6. The molecule has 214 valence electrons. The number of halogens is 1. The second kappa shape index (κ2) is 13.7. The number of carbonyl (C=O) groups excluding carboxylic acids is 2. The zero-order valence-corrected chi connectivity index (χ0v) is 25.0. The standard InChI is InChI=1S/C30H27ClN6O3S2/c1-2-33-22-10-8-20(17-32)14-23(22)36-29-37(18-19-6-4-3-5-7-19)28(38)26(42-29)16-27-35-24-15-21(9-11-25(24)41-27)40-30(39)34-13-12-31/h3-11,14-16,27,33,35H,2,12-13,18H2,1H3,(H,34,39)/b26-16-,36-29?. The summed E-state index contributed by atoms with van der Waals surface area (Å²) in [6.45, 7) is 3.34. The van der Waals surface area contributed by atoms with E-state index in [1.54, 1.807) is 40.9 Å². The topological polar surface area (TPSA) is 119 Å². The van der Waals surface area contributed by atoms with Crippen LogP contribution in [0.5, 0.6) is 5.75 Å². The molecule has 3 aromatic rings. The van der Waals surface area contributed by atoms with E-state index in [-0.39, 0.29) is 11.3 Å². The molecule has 1 saturated heterocycles. The molecule has 3 N–H and O–H groups in total. The van der Waals surface area contributed by atoms with Gasteiger partial charge in [0.05, 0.1) is 45.5 Å². The van der Waals surface area contributed by atoms with Gasteiger partial charge in [-0.2, -0.15) is 5.26 Å². The minimum atomic E-state index is -0.573. The monoisotopic (exact) mass is 618 g/mol. The third kappa shape index (κ3) is 7.02. The summed E-state index contributed by atoms with van der Waals surface area (Å²) in [5, 5.41) is 19.0. The van der Waals surface area contributed by atoms with Crippen LogP contribution in [0, 0.1) is 11.3 Å². The van der Waals surface area contributed by atoms with Crippen LogP contribution < -0.4 is 20.7 Å². The minimum absolute atomic E-state index is 0.151. The number of nitrogens with zero attached hydrogens (tertiary/aromatic N) is 3. The van der Waals surface area contributed by atoms with Gasteiger partial charge in [0, 0.05) is 29.9 Å². The van der Waals surface area contributed by atoms with Gasteiger partial charge in [-0.25, -0.2) is 9.79 Å². The molecule has 5 rings (SSSR count). The number of benzene rings is 3. The van der Waals surface area contributed by atoms with Gasteiger partial charge in [0.2, 0.25) is 0 Å². The van der Waals surface area contributed by atoms with Crippen LogP contribution in [-0.2, 0) is 11.3 Å². The molecule has 0 saturated carbocycles. The lowest BCUT2D eigenvalue weighted by Gasteiger charge is -2.16. The molecule has 1 atom stereocenters. The lowest BCUT2D eigenvalue weighted by molar-refractivity contribution is -0.122. The van der Waals surface area contributed by atoms with Crippen molar-refractivity contribution in [1.82, 2.24) is 10.2 Å². The van der Waals surface area contributed by atoms with Crippen molar-refractivity contribution in [2.45, 2.75) is 23.7 Å². The van der Waals surface area contributed by atoms with Crippen molar-refractivity contribution >= 4 is 69.4 Å². The molecule has 2 aliphatic heterocycles. The molecule has 12 heteroatoms. The Bertz CT molecular complexity index is 1590. The molecular weight excluding hydrogens is 592 g/mol. The van der Waals surface area contributed by atoms with E-state index in [2.05, 4.69) is 22.0 Å². The van der Waals surface area contributed by atoms with Crippen molar-refractivity contribution in [2.75, 3.05) is 29.6 Å². The van der Waals surface area contributed by atoms with Crippen LogP contribution in [0.2, 0.25) is 0 Å².